The summed E-state index contributed by atoms with van der Waals surface area (Å²) < 4.78 is 26.6. The fraction of sp³-hybridized carbons (Fsp3) is 0.143. The third-order valence-electron chi connectivity index (χ3n) is 4.26. The molecule has 27 heavy (non-hydrogen) atoms. The second kappa shape index (κ2) is 7.95. The van der Waals surface area contributed by atoms with Crippen LogP contribution >= 0.6 is 0 Å². The molecule has 4 nitrogen and oxygen atoms in total. The summed E-state index contributed by atoms with van der Waals surface area (Å²) >= 11 is 0. The molecule has 0 saturated carbocycles. The van der Waals surface area contributed by atoms with Gasteiger partial charge in [-0.3, -0.25) is 14.8 Å². The Bertz CT molecular complexity index is 997. The van der Waals surface area contributed by atoms with Crippen molar-refractivity contribution in [2.45, 2.75) is 20.3 Å². The van der Waals surface area contributed by atoms with Crippen molar-refractivity contribution in [3.63, 3.8) is 0 Å². The van der Waals surface area contributed by atoms with Crippen LogP contribution in [0.15, 0.2) is 55.1 Å². The van der Waals surface area contributed by atoms with Crippen LogP contribution in [0.5, 0.6) is 0 Å². The molecule has 0 aliphatic carbocycles. The van der Waals surface area contributed by atoms with Crippen LogP contribution < -0.4 is 0 Å². The summed E-state index contributed by atoms with van der Waals surface area (Å²) in [5.41, 5.74) is 3.56. The molecule has 0 unspecified atom stereocenters. The Morgan fingerprint density at radius 1 is 1.00 bits per heavy atom. The Hall–Kier alpha value is -3.28. The molecule has 6 heteroatoms. The van der Waals surface area contributed by atoms with Crippen LogP contribution in [-0.4, -0.2) is 20.7 Å². The predicted molar refractivity (Wildman–Crippen MR) is 98.2 cm³/mol. The van der Waals surface area contributed by atoms with Gasteiger partial charge in [-0.15, -0.1) is 0 Å². The van der Waals surface area contributed by atoms with Crippen molar-refractivity contribution >= 4 is 11.4 Å². The molecule has 3 aromatic rings. The van der Waals surface area contributed by atoms with Gasteiger partial charge in [0, 0.05) is 41.0 Å². The minimum absolute atomic E-state index is 0.0511. The first-order chi connectivity index (χ1) is 13.0. The zero-order chi connectivity index (χ0) is 19.4. The molecular weight excluding hydrogens is 348 g/mol. The second-order valence-corrected chi connectivity index (χ2v) is 6.00. The number of Topliss-reactive ketones (excluding diaryl/α,β-unsaturated/α-hetero) is 1. The smallest absolute Gasteiger partial charge is 0.212 e. The van der Waals surface area contributed by atoms with Crippen molar-refractivity contribution in [3.8, 4) is 0 Å². The van der Waals surface area contributed by atoms with Crippen LogP contribution in [0.3, 0.4) is 0 Å². The summed E-state index contributed by atoms with van der Waals surface area (Å²) in [7, 11) is 0. The highest BCUT2D eigenvalue weighted by Crippen LogP contribution is 2.23. The van der Waals surface area contributed by atoms with Crippen molar-refractivity contribution in [2.75, 3.05) is 0 Å². The van der Waals surface area contributed by atoms with Crippen LogP contribution in [-0.2, 0) is 6.42 Å². The zero-order valence-corrected chi connectivity index (χ0v) is 14.9. The van der Waals surface area contributed by atoms with E-state index in [1.54, 1.807) is 25.3 Å². The number of allylic oxidation sites excluding steroid dienone is 1. The number of pyridine rings is 3. The van der Waals surface area contributed by atoms with Crippen LogP contribution in [0.25, 0.3) is 5.57 Å². The number of aromatic nitrogens is 3. The summed E-state index contributed by atoms with van der Waals surface area (Å²) in [4.78, 5) is 24.2. The number of carbonyl (C=O) groups is 1. The van der Waals surface area contributed by atoms with Gasteiger partial charge in [0.2, 0.25) is 5.95 Å². The summed E-state index contributed by atoms with van der Waals surface area (Å²) in [6.07, 6.45) is 7.50. The second-order valence-electron chi connectivity index (χ2n) is 6.00. The Kier molecular flexibility index (Phi) is 5.45. The van der Waals surface area contributed by atoms with Crippen molar-refractivity contribution in [2.24, 2.45) is 0 Å². The molecule has 0 radical (unpaired) electrons. The summed E-state index contributed by atoms with van der Waals surface area (Å²) in [6, 6.07) is 6.53. The molecule has 0 amide bonds. The lowest BCUT2D eigenvalue weighted by molar-refractivity contribution is 0.0990. The van der Waals surface area contributed by atoms with Crippen LogP contribution in [0.4, 0.5) is 8.78 Å². The number of rotatable bonds is 5. The van der Waals surface area contributed by atoms with Crippen molar-refractivity contribution < 1.29 is 13.6 Å². The first kappa shape index (κ1) is 18.5. The summed E-state index contributed by atoms with van der Waals surface area (Å²) in [6.45, 7) is 3.42. The highest BCUT2D eigenvalue weighted by Gasteiger charge is 2.14. The Labute approximate surface area is 155 Å². The van der Waals surface area contributed by atoms with Gasteiger partial charge in [0.25, 0.3) is 0 Å². The van der Waals surface area contributed by atoms with Crippen LogP contribution in [0.1, 0.15) is 39.7 Å². The number of ketones is 1. The summed E-state index contributed by atoms with van der Waals surface area (Å²) in [5.74, 6) is -1.29. The number of halogens is 2. The van der Waals surface area contributed by atoms with Gasteiger partial charge in [-0.05, 0) is 43.2 Å². The Balaban J connectivity index is 1.79. The van der Waals surface area contributed by atoms with Gasteiger partial charge in [0.05, 0.1) is 12.6 Å². The van der Waals surface area contributed by atoms with Gasteiger partial charge >= 0.3 is 0 Å². The fourth-order valence-electron chi connectivity index (χ4n) is 2.76. The van der Waals surface area contributed by atoms with Crippen molar-refractivity contribution in [3.05, 3.63) is 94.8 Å². The van der Waals surface area contributed by atoms with Crippen LogP contribution in [0, 0.1) is 18.7 Å². The molecule has 0 aromatic carbocycles. The molecule has 0 N–H and O–H groups in total. The van der Waals surface area contributed by atoms with Gasteiger partial charge < -0.3 is 0 Å². The average Bonchev–Trinajstić information content (AvgIpc) is 2.67. The minimum Gasteiger partial charge on any atom is -0.294 e. The lowest BCUT2D eigenvalue weighted by Crippen LogP contribution is -2.09. The molecule has 0 atom stereocenters. The SMILES string of the molecule is C/C=C(/c1ccc(F)nc1)c1ccc(CC(=O)c2cncc(F)c2C)nc1. The molecule has 0 aliphatic rings. The van der Waals surface area contributed by atoms with Gasteiger partial charge in [-0.1, -0.05) is 12.1 Å². The molecular formula is C21H17F2N3O. The molecule has 3 rings (SSSR count). The third kappa shape index (κ3) is 4.11. The number of hydrogen-bond donors (Lipinski definition) is 0. The normalized spacial score (nSPS) is 11.5. The zero-order valence-electron chi connectivity index (χ0n) is 14.9. The predicted octanol–water partition coefficient (Wildman–Crippen LogP) is 4.34. The maximum atomic E-state index is 13.6. The van der Waals surface area contributed by atoms with E-state index >= 15 is 0 Å². The van der Waals surface area contributed by atoms with E-state index < -0.39 is 11.8 Å². The Morgan fingerprint density at radius 2 is 1.70 bits per heavy atom. The number of carbonyl (C=O) groups excluding carboxylic acids is 1. The molecule has 0 bridgehead atoms. The first-order valence-electron chi connectivity index (χ1n) is 8.36. The van der Waals surface area contributed by atoms with E-state index in [9.17, 15) is 13.6 Å². The standard InChI is InChI=1S/C21H17F2N3O/c1-3-17(15-5-7-21(23)26-10-15)14-4-6-16(25-9-14)8-20(27)18-11-24-12-19(22)13(18)2/h3-7,9-12H,8H2,1-2H3/b17-3+. The van der Waals surface area contributed by atoms with E-state index in [4.69, 9.17) is 0 Å². The average molecular weight is 365 g/mol. The lowest BCUT2D eigenvalue weighted by Gasteiger charge is -2.09. The van der Waals surface area contributed by atoms with Gasteiger partial charge in [-0.2, -0.15) is 4.39 Å². The van der Waals surface area contributed by atoms with Gasteiger partial charge in [0.15, 0.2) is 5.78 Å². The molecule has 0 saturated heterocycles. The van der Waals surface area contributed by atoms with E-state index in [-0.39, 0.29) is 23.3 Å². The monoisotopic (exact) mass is 365 g/mol. The molecule has 3 aromatic heterocycles. The number of nitrogens with zero attached hydrogens (tertiary/aromatic N) is 3. The first-order valence-corrected chi connectivity index (χ1v) is 8.36. The van der Waals surface area contributed by atoms with E-state index in [1.165, 1.54) is 18.5 Å². The van der Waals surface area contributed by atoms with E-state index in [0.717, 1.165) is 22.9 Å². The minimum atomic E-state index is -0.539. The molecule has 0 spiro atoms. The summed E-state index contributed by atoms with van der Waals surface area (Å²) in [5, 5.41) is 0. The maximum absolute atomic E-state index is 13.6. The van der Waals surface area contributed by atoms with Crippen molar-refractivity contribution in [1.29, 1.82) is 0 Å². The van der Waals surface area contributed by atoms with E-state index in [0.29, 0.717) is 5.69 Å². The van der Waals surface area contributed by atoms with E-state index in [2.05, 4.69) is 15.0 Å². The van der Waals surface area contributed by atoms with Crippen molar-refractivity contribution in [1.82, 2.24) is 15.0 Å². The van der Waals surface area contributed by atoms with Crippen LogP contribution in [0.2, 0.25) is 0 Å². The largest absolute Gasteiger partial charge is 0.294 e. The maximum Gasteiger partial charge on any atom is 0.212 e. The molecule has 3 heterocycles. The fourth-order valence-corrected chi connectivity index (χ4v) is 2.76. The topological polar surface area (TPSA) is 55.7 Å². The van der Waals surface area contributed by atoms with Gasteiger partial charge in [0.1, 0.15) is 5.82 Å². The molecule has 0 aliphatic heterocycles. The quantitative estimate of drug-likeness (QED) is 0.499. The van der Waals surface area contributed by atoms with Gasteiger partial charge in [-0.25, -0.2) is 9.37 Å². The molecule has 136 valence electrons. The highest BCUT2D eigenvalue weighted by molar-refractivity contribution is 5.98. The highest BCUT2D eigenvalue weighted by atomic mass is 19.1. The third-order valence-corrected chi connectivity index (χ3v) is 4.26. The number of hydrogen-bond acceptors (Lipinski definition) is 4. The Morgan fingerprint density at radius 3 is 2.30 bits per heavy atom. The lowest BCUT2D eigenvalue weighted by atomic mass is 9.99. The van der Waals surface area contributed by atoms with E-state index in [1.807, 2.05) is 19.1 Å². The molecule has 0 fully saturated rings.